The van der Waals surface area contributed by atoms with Crippen molar-refractivity contribution in [3.05, 3.63) is 12.2 Å². The molecule has 0 aromatic heterocycles. The molecule has 0 amide bonds. The van der Waals surface area contributed by atoms with Gasteiger partial charge in [0.05, 0.1) is 0 Å². The number of rotatable bonds is 2. The number of piperidine rings is 1. The second-order valence-corrected chi connectivity index (χ2v) is 4.02. The minimum absolute atomic E-state index is 0.702. The van der Waals surface area contributed by atoms with Gasteiger partial charge >= 0.3 is 0 Å². The van der Waals surface area contributed by atoms with Gasteiger partial charge in [-0.25, -0.2) is 0 Å². The van der Waals surface area contributed by atoms with Crippen molar-refractivity contribution in [2.45, 2.75) is 39.7 Å². The summed E-state index contributed by atoms with van der Waals surface area (Å²) in [5, 5.41) is 3.50. The average Bonchev–Trinajstić information content (AvgIpc) is 2.07. The van der Waals surface area contributed by atoms with E-state index in [1.807, 2.05) is 0 Å². The first kappa shape index (κ1) is 9.79. The fraction of sp³-hybridized carbons (Fsp3) is 0.818. The third-order valence-corrected chi connectivity index (χ3v) is 2.76. The van der Waals surface area contributed by atoms with Gasteiger partial charge in [0.1, 0.15) is 0 Å². The van der Waals surface area contributed by atoms with Gasteiger partial charge in [0.2, 0.25) is 0 Å². The molecule has 0 aromatic rings. The van der Waals surface area contributed by atoms with E-state index < -0.39 is 0 Å². The molecule has 0 aliphatic carbocycles. The molecule has 0 bridgehead atoms. The molecule has 0 aromatic carbocycles. The lowest BCUT2D eigenvalue weighted by atomic mass is 9.84. The number of allylic oxidation sites excluding steroid dienone is 2. The quantitative estimate of drug-likeness (QED) is 0.623. The maximum atomic E-state index is 3.50. The first-order valence-corrected chi connectivity index (χ1v) is 5.14. The lowest BCUT2D eigenvalue weighted by molar-refractivity contribution is 0.276. The van der Waals surface area contributed by atoms with Crippen LogP contribution < -0.4 is 5.32 Å². The smallest absolute Gasteiger partial charge is 0.00445 e. The Kier molecular flexibility index (Phi) is 3.80. The molecule has 1 N–H and O–H groups in total. The second kappa shape index (κ2) is 4.66. The van der Waals surface area contributed by atoms with Gasteiger partial charge in [-0.05, 0) is 38.1 Å². The van der Waals surface area contributed by atoms with E-state index in [0.29, 0.717) is 6.04 Å². The molecule has 1 aliphatic heterocycles. The van der Waals surface area contributed by atoms with Gasteiger partial charge < -0.3 is 5.32 Å². The van der Waals surface area contributed by atoms with Crippen LogP contribution in [-0.2, 0) is 0 Å². The van der Waals surface area contributed by atoms with Gasteiger partial charge in [0.15, 0.2) is 0 Å². The molecule has 0 saturated carbocycles. The van der Waals surface area contributed by atoms with E-state index in [-0.39, 0.29) is 0 Å². The summed E-state index contributed by atoms with van der Waals surface area (Å²) in [5.74, 6) is 1.62. The summed E-state index contributed by atoms with van der Waals surface area (Å²) in [7, 11) is 0. The van der Waals surface area contributed by atoms with Crippen LogP contribution in [0.5, 0.6) is 0 Å². The summed E-state index contributed by atoms with van der Waals surface area (Å²) in [6.45, 7) is 7.99. The van der Waals surface area contributed by atoms with E-state index in [1.165, 1.54) is 19.4 Å². The van der Waals surface area contributed by atoms with Crippen LogP contribution in [0.25, 0.3) is 0 Å². The minimum atomic E-state index is 0.702. The Bertz CT molecular complexity index is 151. The van der Waals surface area contributed by atoms with E-state index in [9.17, 15) is 0 Å². The van der Waals surface area contributed by atoms with Crippen LogP contribution in [0.2, 0.25) is 0 Å². The molecule has 1 fully saturated rings. The molecular weight excluding hydrogens is 146 g/mol. The average molecular weight is 167 g/mol. The maximum Gasteiger partial charge on any atom is 0.00445 e. The normalized spacial score (nSPS) is 37.4. The minimum Gasteiger partial charge on any atom is -0.314 e. The van der Waals surface area contributed by atoms with Crippen molar-refractivity contribution in [3.8, 4) is 0 Å². The molecular formula is C11H21N. The SMILES string of the molecule is CC/C=C\C1CC(C)NCC1C. The second-order valence-electron chi connectivity index (χ2n) is 4.02. The summed E-state index contributed by atoms with van der Waals surface area (Å²) in [6.07, 6.45) is 7.18. The van der Waals surface area contributed by atoms with Crippen molar-refractivity contribution >= 4 is 0 Å². The highest BCUT2D eigenvalue weighted by atomic mass is 14.9. The molecule has 1 heterocycles. The number of hydrogen-bond donors (Lipinski definition) is 1. The summed E-state index contributed by atoms with van der Waals surface area (Å²) in [6, 6.07) is 0.702. The molecule has 1 rings (SSSR count). The Balaban J connectivity index is 2.43. The third-order valence-electron chi connectivity index (χ3n) is 2.76. The van der Waals surface area contributed by atoms with Crippen LogP contribution in [0, 0.1) is 11.8 Å². The molecule has 1 heteroatoms. The molecule has 0 radical (unpaired) electrons. The molecule has 3 atom stereocenters. The highest BCUT2D eigenvalue weighted by molar-refractivity contribution is 4.94. The Morgan fingerprint density at radius 2 is 2.17 bits per heavy atom. The van der Waals surface area contributed by atoms with Crippen LogP contribution in [0.3, 0.4) is 0 Å². The van der Waals surface area contributed by atoms with Crippen molar-refractivity contribution in [3.63, 3.8) is 0 Å². The molecule has 12 heavy (non-hydrogen) atoms. The summed E-state index contributed by atoms with van der Waals surface area (Å²) in [5.41, 5.74) is 0. The third kappa shape index (κ3) is 2.63. The Labute approximate surface area is 76.2 Å². The zero-order valence-corrected chi connectivity index (χ0v) is 8.51. The lowest BCUT2D eigenvalue weighted by Crippen LogP contribution is -2.40. The van der Waals surface area contributed by atoms with Gasteiger partial charge in [0, 0.05) is 6.04 Å². The van der Waals surface area contributed by atoms with E-state index >= 15 is 0 Å². The molecule has 1 nitrogen and oxygen atoms in total. The standard InChI is InChI=1S/C11H21N/c1-4-5-6-11-7-10(3)12-8-9(11)2/h5-6,9-12H,4,7-8H2,1-3H3/b6-5-. The summed E-state index contributed by atoms with van der Waals surface area (Å²) in [4.78, 5) is 0. The van der Waals surface area contributed by atoms with Gasteiger partial charge in [-0.1, -0.05) is 26.0 Å². The zero-order chi connectivity index (χ0) is 8.97. The predicted octanol–water partition coefficient (Wildman–Crippen LogP) is 2.59. The maximum absolute atomic E-state index is 3.50. The van der Waals surface area contributed by atoms with Gasteiger partial charge in [-0.2, -0.15) is 0 Å². The van der Waals surface area contributed by atoms with E-state index in [4.69, 9.17) is 0 Å². The fourth-order valence-electron chi connectivity index (χ4n) is 1.84. The monoisotopic (exact) mass is 167 g/mol. The molecule has 3 unspecified atom stereocenters. The Morgan fingerprint density at radius 1 is 1.42 bits per heavy atom. The van der Waals surface area contributed by atoms with Crippen LogP contribution in [0.15, 0.2) is 12.2 Å². The van der Waals surface area contributed by atoms with Crippen molar-refractivity contribution in [2.24, 2.45) is 11.8 Å². The van der Waals surface area contributed by atoms with Crippen LogP contribution in [0.1, 0.15) is 33.6 Å². The van der Waals surface area contributed by atoms with Crippen LogP contribution in [0.4, 0.5) is 0 Å². The summed E-state index contributed by atoms with van der Waals surface area (Å²) >= 11 is 0. The lowest BCUT2D eigenvalue weighted by Gasteiger charge is -2.31. The highest BCUT2D eigenvalue weighted by Gasteiger charge is 2.22. The topological polar surface area (TPSA) is 12.0 Å². The van der Waals surface area contributed by atoms with Gasteiger partial charge in [0.25, 0.3) is 0 Å². The number of nitrogens with one attached hydrogen (secondary N) is 1. The zero-order valence-electron chi connectivity index (χ0n) is 8.51. The molecule has 1 saturated heterocycles. The first-order valence-electron chi connectivity index (χ1n) is 5.14. The first-order chi connectivity index (χ1) is 5.74. The van der Waals surface area contributed by atoms with Gasteiger partial charge in [-0.15, -0.1) is 0 Å². The highest BCUT2D eigenvalue weighted by Crippen LogP contribution is 2.23. The van der Waals surface area contributed by atoms with Crippen molar-refractivity contribution < 1.29 is 0 Å². The Hall–Kier alpha value is -0.300. The van der Waals surface area contributed by atoms with Crippen molar-refractivity contribution in [1.29, 1.82) is 0 Å². The van der Waals surface area contributed by atoms with E-state index in [2.05, 4.69) is 38.2 Å². The van der Waals surface area contributed by atoms with E-state index in [0.717, 1.165) is 11.8 Å². The fourth-order valence-corrected chi connectivity index (χ4v) is 1.84. The van der Waals surface area contributed by atoms with Crippen LogP contribution >= 0.6 is 0 Å². The molecule has 0 spiro atoms. The van der Waals surface area contributed by atoms with Crippen LogP contribution in [-0.4, -0.2) is 12.6 Å². The Morgan fingerprint density at radius 3 is 2.83 bits per heavy atom. The van der Waals surface area contributed by atoms with Crippen molar-refractivity contribution in [2.75, 3.05) is 6.54 Å². The summed E-state index contributed by atoms with van der Waals surface area (Å²) < 4.78 is 0. The molecule has 1 aliphatic rings. The van der Waals surface area contributed by atoms with E-state index in [1.54, 1.807) is 0 Å². The largest absolute Gasteiger partial charge is 0.314 e. The predicted molar refractivity (Wildman–Crippen MR) is 54.2 cm³/mol. The van der Waals surface area contributed by atoms with Gasteiger partial charge in [-0.3, -0.25) is 0 Å². The number of hydrogen-bond acceptors (Lipinski definition) is 1. The molecule has 70 valence electrons. The van der Waals surface area contributed by atoms with Crippen molar-refractivity contribution in [1.82, 2.24) is 5.32 Å².